The van der Waals surface area contributed by atoms with Gasteiger partial charge in [-0.2, -0.15) is 4.98 Å². The van der Waals surface area contributed by atoms with Gasteiger partial charge in [0.15, 0.2) is 15.7 Å². The Balaban J connectivity index is 1.66. The maximum Gasteiger partial charge on any atom is 0.251 e. The number of para-hydroxylation sites is 1. The number of benzene rings is 2. The molecule has 0 aliphatic carbocycles. The Kier molecular flexibility index (Phi) is 10.8. The van der Waals surface area contributed by atoms with Crippen LogP contribution in [0.25, 0.3) is 0 Å². The molecule has 0 saturated heterocycles. The predicted octanol–water partition coefficient (Wildman–Crippen LogP) is 4.90. The van der Waals surface area contributed by atoms with E-state index in [0.717, 1.165) is 12.0 Å². The number of hydrogen-bond donors (Lipinski definition) is 5. The highest BCUT2D eigenvalue weighted by Crippen LogP contribution is 2.31. The van der Waals surface area contributed by atoms with Gasteiger partial charge in [-0.3, -0.25) is 14.8 Å². The van der Waals surface area contributed by atoms with Crippen molar-refractivity contribution in [3.05, 3.63) is 64.8 Å². The molecule has 13 heteroatoms. The molecule has 1 aromatic heterocycles. The first-order valence-electron chi connectivity index (χ1n) is 12.7. The highest BCUT2D eigenvalue weighted by atomic mass is 35.5. The summed E-state index contributed by atoms with van der Waals surface area (Å²) in [4.78, 5) is 32.3. The molecule has 214 valence electrons. The fraction of sp³-hybridized carbons (Fsp3) is 0.333. The number of nitrogens with zero attached hydrogens (tertiary/aromatic N) is 2. The van der Waals surface area contributed by atoms with Crippen molar-refractivity contribution in [1.29, 1.82) is 0 Å². The largest absolute Gasteiger partial charge is 0.352 e. The molecule has 0 fully saturated rings. The molecule has 0 unspecified atom stereocenters. The molecule has 0 atom stereocenters. The summed E-state index contributed by atoms with van der Waals surface area (Å²) in [6.45, 7) is 5.55. The van der Waals surface area contributed by atoms with E-state index in [9.17, 15) is 18.0 Å². The van der Waals surface area contributed by atoms with Crippen molar-refractivity contribution < 1.29 is 23.2 Å². The van der Waals surface area contributed by atoms with E-state index in [0.29, 0.717) is 36.3 Å². The second kappa shape index (κ2) is 14.1. The van der Waals surface area contributed by atoms with Gasteiger partial charge in [-0.1, -0.05) is 30.2 Å². The molecule has 0 aliphatic rings. The average molecular weight is 589 g/mol. The maximum absolute atomic E-state index is 12.8. The number of sulfone groups is 1. The molecule has 2 aromatic carbocycles. The standard InChI is InChI=1S/C27H33ClN6O5S/c1-17(2)40(38,39)23-10-7-6-9-22(23)31-25-20(28)16-30-27(33-25)32-21-13-12-19(15-18(21)3)26(36)29-14-8-4-5-11-24(35)34-37/h6-7,9-10,12-13,15-17,37H,4-5,8,11,14H2,1-3H3,(H,29,36)(H,34,35)(H2,30,31,32,33). The second-order valence-electron chi connectivity index (χ2n) is 9.36. The van der Waals surface area contributed by atoms with Gasteiger partial charge in [0.1, 0.15) is 5.02 Å². The smallest absolute Gasteiger partial charge is 0.251 e. The number of rotatable bonds is 13. The first-order valence-corrected chi connectivity index (χ1v) is 14.7. The van der Waals surface area contributed by atoms with Gasteiger partial charge in [0, 0.05) is 24.2 Å². The van der Waals surface area contributed by atoms with Gasteiger partial charge in [-0.25, -0.2) is 18.9 Å². The van der Waals surface area contributed by atoms with E-state index < -0.39 is 21.0 Å². The van der Waals surface area contributed by atoms with E-state index >= 15 is 0 Å². The van der Waals surface area contributed by atoms with Crippen LogP contribution in [0.4, 0.5) is 23.1 Å². The van der Waals surface area contributed by atoms with Gasteiger partial charge >= 0.3 is 0 Å². The molecule has 0 aliphatic heterocycles. The number of aromatic nitrogens is 2. The van der Waals surface area contributed by atoms with Crippen molar-refractivity contribution in [1.82, 2.24) is 20.8 Å². The number of unbranched alkanes of at least 4 members (excludes halogenated alkanes) is 2. The monoisotopic (exact) mass is 588 g/mol. The van der Waals surface area contributed by atoms with Crippen LogP contribution < -0.4 is 21.4 Å². The fourth-order valence-electron chi connectivity index (χ4n) is 3.73. The van der Waals surface area contributed by atoms with Crippen LogP contribution in [0, 0.1) is 6.92 Å². The third-order valence-electron chi connectivity index (χ3n) is 6.04. The second-order valence-corrected chi connectivity index (χ2v) is 12.2. The molecule has 0 spiro atoms. The van der Waals surface area contributed by atoms with Crippen LogP contribution in [0.3, 0.4) is 0 Å². The predicted molar refractivity (Wildman–Crippen MR) is 154 cm³/mol. The topological polar surface area (TPSA) is 162 Å². The first-order chi connectivity index (χ1) is 19.0. The molecular weight excluding hydrogens is 556 g/mol. The lowest BCUT2D eigenvalue weighted by Crippen LogP contribution is -2.24. The van der Waals surface area contributed by atoms with Crippen molar-refractivity contribution in [2.24, 2.45) is 0 Å². The average Bonchev–Trinajstić information content (AvgIpc) is 2.93. The Morgan fingerprint density at radius 1 is 1.02 bits per heavy atom. The minimum absolute atomic E-state index is 0.146. The third-order valence-corrected chi connectivity index (χ3v) is 8.52. The van der Waals surface area contributed by atoms with Crippen LogP contribution in [0.2, 0.25) is 5.02 Å². The lowest BCUT2D eigenvalue weighted by atomic mass is 10.1. The van der Waals surface area contributed by atoms with Gasteiger partial charge in [0.05, 0.1) is 22.0 Å². The van der Waals surface area contributed by atoms with Gasteiger partial charge in [-0.05, 0) is 69.5 Å². The molecule has 2 amide bonds. The SMILES string of the molecule is Cc1cc(C(=O)NCCCCCC(=O)NO)ccc1Nc1ncc(Cl)c(Nc2ccccc2S(=O)(=O)C(C)C)n1. The number of hydrogen-bond acceptors (Lipinski definition) is 9. The number of aryl methyl sites for hydroxylation is 1. The Morgan fingerprint density at radius 3 is 2.48 bits per heavy atom. The van der Waals surface area contributed by atoms with E-state index in [4.69, 9.17) is 16.8 Å². The first kappa shape index (κ1) is 30.8. The molecule has 3 aromatic rings. The van der Waals surface area contributed by atoms with Crippen LogP contribution in [-0.2, 0) is 14.6 Å². The Morgan fingerprint density at radius 2 is 1.77 bits per heavy atom. The van der Waals surface area contributed by atoms with E-state index in [1.54, 1.807) is 55.7 Å². The van der Waals surface area contributed by atoms with E-state index in [1.165, 1.54) is 12.3 Å². The minimum atomic E-state index is -3.55. The van der Waals surface area contributed by atoms with Crippen molar-refractivity contribution in [3.63, 3.8) is 0 Å². The summed E-state index contributed by atoms with van der Waals surface area (Å²) in [5.74, 6) is -0.179. The molecule has 5 N–H and O–H groups in total. The van der Waals surface area contributed by atoms with Crippen LogP contribution in [0.15, 0.2) is 53.6 Å². The van der Waals surface area contributed by atoms with Gasteiger partial charge < -0.3 is 16.0 Å². The van der Waals surface area contributed by atoms with Crippen molar-refractivity contribution >= 4 is 56.4 Å². The van der Waals surface area contributed by atoms with Crippen LogP contribution in [0.1, 0.15) is 55.5 Å². The van der Waals surface area contributed by atoms with Crippen LogP contribution in [0.5, 0.6) is 0 Å². The highest BCUT2D eigenvalue weighted by Gasteiger charge is 2.23. The fourth-order valence-corrected chi connectivity index (χ4v) is 5.07. The molecule has 0 saturated carbocycles. The summed E-state index contributed by atoms with van der Waals surface area (Å²) in [6.07, 6.45) is 3.72. The number of hydroxylamine groups is 1. The zero-order valence-corrected chi connectivity index (χ0v) is 24.1. The molecule has 11 nitrogen and oxygen atoms in total. The molecular formula is C27H33ClN6O5S. The summed E-state index contributed by atoms with van der Waals surface area (Å²) in [6, 6.07) is 11.7. The van der Waals surface area contributed by atoms with Crippen molar-refractivity contribution in [2.45, 2.75) is 56.6 Å². The quantitative estimate of drug-likeness (QED) is 0.106. The minimum Gasteiger partial charge on any atom is -0.352 e. The Bertz CT molecular complexity index is 1470. The van der Waals surface area contributed by atoms with E-state index in [2.05, 4.69) is 25.9 Å². The number of amides is 2. The van der Waals surface area contributed by atoms with Crippen LogP contribution >= 0.6 is 11.6 Å². The summed E-state index contributed by atoms with van der Waals surface area (Å²) in [7, 11) is -3.55. The summed E-state index contributed by atoms with van der Waals surface area (Å²) < 4.78 is 25.6. The van der Waals surface area contributed by atoms with Gasteiger partial charge in [0.2, 0.25) is 11.9 Å². The molecule has 0 radical (unpaired) electrons. The highest BCUT2D eigenvalue weighted by molar-refractivity contribution is 7.92. The van der Waals surface area contributed by atoms with Gasteiger partial charge in [0.25, 0.3) is 5.91 Å². The van der Waals surface area contributed by atoms with Crippen molar-refractivity contribution in [2.75, 3.05) is 17.2 Å². The lowest BCUT2D eigenvalue weighted by molar-refractivity contribution is -0.129. The Hall–Kier alpha value is -3.74. The summed E-state index contributed by atoms with van der Waals surface area (Å²) in [5, 5.41) is 17.1. The maximum atomic E-state index is 12.8. The van der Waals surface area contributed by atoms with Crippen molar-refractivity contribution in [3.8, 4) is 0 Å². The normalized spacial score (nSPS) is 11.2. The van der Waals surface area contributed by atoms with Crippen LogP contribution in [-0.4, -0.2) is 47.2 Å². The van der Waals surface area contributed by atoms with E-state index in [1.807, 2.05) is 6.92 Å². The molecule has 3 rings (SSSR count). The zero-order chi connectivity index (χ0) is 29.3. The summed E-state index contributed by atoms with van der Waals surface area (Å²) >= 11 is 6.32. The van der Waals surface area contributed by atoms with Gasteiger partial charge in [-0.15, -0.1) is 0 Å². The number of carbonyl (C=O) groups excluding carboxylic acids is 2. The zero-order valence-electron chi connectivity index (χ0n) is 22.5. The summed E-state index contributed by atoms with van der Waals surface area (Å²) in [5.41, 5.74) is 3.89. The number of nitrogens with one attached hydrogen (secondary N) is 4. The number of halogens is 1. The third kappa shape index (κ3) is 8.13. The molecule has 40 heavy (non-hydrogen) atoms. The van der Waals surface area contributed by atoms with E-state index in [-0.39, 0.29) is 34.0 Å². The molecule has 1 heterocycles. The number of anilines is 4. The lowest BCUT2D eigenvalue weighted by Gasteiger charge is -2.15. The molecule has 0 bridgehead atoms. The number of carbonyl (C=O) groups is 2. The Labute approximate surface area is 238 Å².